The fourth-order valence-corrected chi connectivity index (χ4v) is 3.68. The maximum Gasteiger partial charge on any atom is 0.0207 e. The lowest BCUT2D eigenvalue weighted by Gasteiger charge is -2.32. The van der Waals surface area contributed by atoms with E-state index in [-0.39, 0.29) is 0 Å². The highest BCUT2D eigenvalue weighted by molar-refractivity contribution is 9.10. The maximum absolute atomic E-state index is 3.69. The molecule has 1 aliphatic rings. The van der Waals surface area contributed by atoms with Crippen molar-refractivity contribution in [1.82, 2.24) is 5.32 Å². The topological polar surface area (TPSA) is 12.0 Å². The normalized spacial score (nSPS) is 23.5. The van der Waals surface area contributed by atoms with E-state index in [1.54, 1.807) is 0 Å². The summed E-state index contributed by atoms with van der Waals surface area (Å²) >= 11 is 3.69. The predicted octanol–water partition coefficient (Wildman–Crippen LogP) is 4.80. The van der Waals surface area contributed by atoms with Crippen molar-refractivity contribution in [2.75, 3.05) is 13.1 Å². The first-order valence-electron chi connectivity index (χ1n) is 7.75. The maximum atomic E-state index is 3.69. The first kappa shape index (κ1) is 15.1. The monoisotopic (exact) mass is 323 g/mol. The number of nitrogens with one attached hydrogen (secondary N) is 1. The minimum atomic E-state index is 0.858. The number of benzene rings is 1. The molecule has 2 atom stereocenters. The van der Waals surface area contributed by atoms with Gasteiger partial charge in [0, 0.05) is 4.47 Å². The molecule has 1 aromatic carbocycles. The summed E-state index contributed by atoms with van der Waals surface area (Å²) < 4.78 is 1.28. The van der Waals surface area contributed by atoms with Crippen LogP contribution < -0.4 is 5.32 Å². The molecule has 0 heterocycles. The Balaban J connectivity index is 1.93. The van der Waals surface area contributed by atoms with E-state index in [0.717, 1.165) is 18.4 Å². The van der Waals surface area contributed by atoms with Crippen LogP contribution in [-0.4, -0.2) is 13.1 Å². The van der Waals surface area contributed by atoms with Crippen LogP contribution in [0.3, 0.4) is 0 Å². The van der Waals surface area contributed by atoms with E-state index in [2.05, 4.69) is 52.4 Å². The number of hydrogen-bond acceptors (Lipinski definition) is 1. The molecule has 0 amide bonds. The Labute approximate surface area is 126 Å². The average molecular weight is 324 g/mol. The summed E-state index contributed by atoms with van der Waals surface area (Å²) in [5.41, 5.74) is 1.48. The molecule has 0 spiro atoms. The largest absolute Gasteiger partial charge is 0.316 e. The van der Waals surface area contributed by atoms with Gasteiger partial charge in [-0.2, -0.15) is 0 Å². The summed E-state index contributed by atoms with van der Waals surface area (Å²) in [6.07, 6.45) is 8.12. The van der Waals surface area contributed by atoms with Gasteiger partial charge < -0.3 is 5.32 Å². The molecule has 0 bridgehead atoms. The minimum absolute atomic E-state index is 0.858. The Morgan fingerprint density at radius 1 is 1.16 bits per heavy atom. The van der Waals surface area contributed by atoms with Crippen LogP contribution in [0.25, 0.3) is 0 Å². The smallest absolute Gasteiger partial charge is 0.0207 e. The molecular weight excluding hydrogens is 298 g/mol. The summed E-state index contributed by atoms with van der Waals surface area (Å²) in [7, 11) is 0. The Morgan fingerprint density at radius 2 is 1.89 bits per heavy atom. The van der Waals surface area contributed by atoms with Gasteiger partial charge in [0.1, 0.15) is 0 Å². The zero-order chi connectivity index (χ0) is 13.5. The van der Waals surface area contributed by atoms with Gasteiger partial charge in [-0.3, -0.25) is 0 Å². The fourth-order valence-electron chi connectivity index (χ4n) is 3.23. The van der Waals surface area contributed by atoms with Crippen LogP contribution in [0.2, 0.25) is 0 Å². The van der Waals surface area contributed by atoms with Gasteiger partial charge in [0.15, 0.2) is 0 Å². The highest BCUT2D eigenvalue weighted by atomic mass is 79.9. The van der Waals surface area contributed by atoms with Crippen LogP contribution >= 0.6 is 15.9 Å². The second kappa shape index (κ2) is 8.06. The first-order valence-corrected chi connectivity index (χ1v) is 8.54. The molecular formula is C17H26BrN. The number of rotatable bonds is 6. The standard InChI is InChI=1S/C17H26BrN/c1-2-11-19-13-16-9-4-3-7-14(16)12-15-8-5-6-10-17(15)18/h5-6,8,10,14,16,19H,2-4,7,9,11-13H2,1H3. The molecule has 1 saturated carbocycles. The van der Waals surface area contributed by atoms with Crippen LogP contribution in [0.5, 0.6) is 0 Å². The first-order chi connectivity index (χ1) is 9.31. The van der Waals surface area contributed by atoms with E-state index >= 15 is 0 Å². The second-order valence-corrected chi connectivity index (χ2v) is 6.66. The molecule has 1 nitrogen and oxygen atoms in total. The van der Waals surface area contributed by atoms with E-state index in [4.69, 9.17) is 0 Å². The van der Waals surface area contributed by atoms with Gasteiger partial charge in [-0.15, -0.1) is 0 Å². The van der Waals surface area contributed by atoms with E-state index < -0.39 is 0 Å². The lowest BCUT2D eigenvalue weighted by Crippen LogP contribution is -2.32. The van der Waals surface area contributed by atoms with Crippen LogP contribution in [0.1, 0.15) is 44.6 Å². The molecule has 1 aliphatic carbocycles. The molecule has 0 saturated heterocycles. The van der Waals surface area contributed by atoms with E-state index in [9.17, 15) is 0 Å². The van der Waals surface area contributed by atoms with Crippen molar-refractivity contribution in [3.8, 4) is 0 Å². The average Bonchev–Trinajstić information content (AvgIpc) is 2.43. The summed E-state index contributed by atoms with van der Waals surface area (Å²) in [6, 6.07) is 8.71. The van der Waals surface area contributed by atoms with Crippen molar-refractivity contribution >= 4 is 15.9 Å². The molecule has 0 aromatic heterocycles. The highest BCUT2D eigenvalue weighted by Gasteiger charge is 2.25. The van der Waals surface area contributed by atoms with Crippen LogP contribution in [0, 0.1) is 11.8 Å². The van der Waals surface area contributed by atoms with E-state index in [1.807, 2.05) is 0 Å². The molecule has 0 radical (unpaired) electrons. The van der Waals surface area contributed by atoms with Crippen molar-refractivity contribution in [1.29, 1.82) is 0 Å². The molecule has 1 fully saturated rings. The predicted molar refractivity (Wildman–Crippen MR) is 86.5 cm³/mol. The zero-order valence-corrected chi connectivity index (χ0v) is 13.6. The van der Waals surface area contributed by atoms with Gasteiger partial charge in [0.05, 0.1) is 0 Å². The van der Waals surface area contributed by atoms with Gasteiger partial charge in [-0.05, 0) is 62.2 Å². The molecule has 1 N–H and O–H groups in total. The quantitative estimate of drug-likeness (QED) is 0.741. The summed E-state index contributed by atoms with van der Waals surface area (Å²) in [5, 5.41) is 3.62. The third-order valence-corrected chi connectivity index (χ3v) is 5.11. The molecule has 1 aromatic rings. The Morgan fingerprint density at radius 3 is 2.63 bits per heavy atom. The zero-order valence-electron chi connectivity index (χ0n) is 12.0. The summed E-state index contributed by atoms with van der Waals surface area (Å²) in [6.45, 7) is 4.62. The van der Waals surface area contributed by atoms with E-state index in [1.165, 1.54) is 55.1 Å². The number of halogens is 1. The van der Waals surface area contributed by atoms with Crippen LogP contribution in [0.4, 0.5) is 0 Å². The van der Waals surface area contributed by atoms with Crippen molar-refractivity contribution in [3.63, 3.8) is 0 Å². The lowest BCUT2D eigenvalue weighted by molar-refractivity contribution is 0.228. The van der Waals surface area contributed by atoms with Crippen molar-refractivity contribution in [2.45, 2.75) is 45.4 Å². The van der Waals surface area contributed by atoms with Gasteiger partial charge in [0.25, 0.3) is 0 Å². The van der Waals surface area contributed by atoms with Crippen molar-refractivity contribution < 1.29 is 0 Å². The Kier molecular flexibility index (Phi) is 6.39. The van der Waals surface area contributed by atoms with Crippen LogP contribution in [0.15, 0.2) is 28.7 Å². The second-order valence-electron chi connectivity index (χ2n) is 5.80. The number of hydrogen-bond donors (Lipinski definition) is 1. The highest BCUT2D eigenvalue weighted by Crippen LogP contribution is 2.33. The summed E-state index contributed by atoms with van der Waals surface area (Å²) in [4.78, 5) is 0. The molecule has 2 heteroatoms. The Hall–Kier alpha value is -0.340. The van der Waals surface area contributed by atoms with Gasteiger partial charge in [0.2, 0.25) is 0 Å². The van der Waals surface area contributed by atoms with Gasteiger partial charge in [-0.25, -0.2) is 0 Å². The van der Waals surface area contributed by atoms with Crippen LogP contribution in [-0.2, 0) is 6.42 Å². The van der Waals surface area contributed by atoms with Gasteiger partial charge >= 0.3 is 0 Å². The van der Waals surface area contributed by atoms with E-state index in [0.29, 0.717) is 0 Å². The molecule has 0 aliphatic heterocycles. The molecule has 19 heavy (non-hydrogen) atoms. The minimum Gasteiger partial charge on any atom is -0.316 e. The molecule has 2 rings (SSSR count). The third kappa shape index (κ3) is 4.61. The Bertz CT molecular complexity index is 377. The SMILES string of the molecule is CCCNCC1CCCCC1Cc1ccccc1Br. The van der Waals surface area contributed by atoms with Crippen molar-refractivity contribution in [2.24, 2.45) is 11.8 Å². The lowest BCUT2D eigenvalue weighted by atomic mass is 9.76. The third-order valence-electron chi connectivity index (χ3n) is 4.34. The van der Waals surface area contributed by atoms with Crippen molar-refractivity contribution in [3.05, 3.63) is 34.3 Å². The molecule has 106 valence electrons. The molecule has 2 unspecified atom stereocenters. The fraction of sp³-hybridized carbons (Fsp3) is 0.647. The summed E-state index contributed by atoms with van der Waals surface area (Å²) in [5.74, 6) is 1.73. The van der Waals surface area contributed by atoms with Gasteiger partial charge in [-0.1, -0.05) is 53.9 Å².